The molecule has 1 aliphatic rings. The minimum absolute atomic E-state index is 0.165. The van der Waals surface area contributed by atoms with Gasteiger partial charge in [0.25, 0.3) is 0 Å². The molecule has 2 atom stereocenters. The number of aliphatic hydroxyl groups is 1. The van der Waals surface area contributed by atoms with Crippen molar-refractivity contribution in [2.75, 3.05) is 24.7 Å². The monoisotopic (exact) mass is 352 g/mol. The van der Waals surface area contributed by atoms with Gasteiger partial charge in [-0.1, -0.05) is 20.8 Å². The average molecular weight is 353 g/mol. The molecule has 7 heteroatoms. The van der Waals surface area contributed by atoms with Crippen molar-refractivity contribution >= 4 is 22.9 Å². The van der Waals surface area contributed by atoms with Crippen LogP contribution in [-0.4, -0.2) is 45.5 Å². The molecular weight excluding hydrogens is 328 g/mol. The van der Waals surface area contributed by atoms with E-state index in [4.69, 9.17) is 16.3 Å². The van der Waals surface area contributed by atoms with E-state index in [1.807, 2.05) is 39.8 Å². The van der Waals surface area contributed by atoms with Gasteiger partial charge in [0.2, 0.25) is 5.28 Å². The summed E-state index contributed by atoms with van der Waals surface area (Å²) < 4.78 is 7.24. The number of aromatic nitrogens is 3. The molecule has 0 saturated carbocycles. The third kappa shape index (κ3) is 2.76. The first-order chi connectivity index (χ1) is 11.1. The van der Waals surface area contributed by atoms with E-state index in [1.54, 1.807) is 4.52 Å². The maximum Gasteiger partial charge on any atom is 0.243 e. The lowest BCUT2D eigenvalue weighted by Crippen LogP contribution is -2.44. The number of halogens is 1. The van der Waals surface area contributed by atoms with Crippen molar-refractivity contribution in [2.45, 2.75) is 46.3 Å². The van der Waals surface area contributed by atoms with Crippen molar-refractivity contribution in [1.82, 2.24) is 14.6 Å². The molecule has 2 aromatic heterocycles. The number of hydrogen-bond acceptors (Lipinski definition) is 5. The summed E-state index contributed by atoms with van der Waals surface area (Å²) in [6.07, 6.45) is 0. The summed E-state index contributed by atoms with van der Waals surface area (Å²) in [6, 6.07) is 4.05. The van der Waals surface area contributed by atoms with Crippen molar-refractivity contribution in [3.05, 3.63) is 23.1 Å². The first-order valence-corrected chi connectivity index (χ1v) is 8.63. The van der Waals surface area contributed by atoms with E-state index < -0.39 is 5.60 Å². The molecule has 1 N–H and O–H groups in total. The second-order valence-electron chi connectivity index (χ2n) is 7.66. The Balaban J connectivity index is 2.18. The molecule has 0 amide bonds. The van der Waals surface area contributed by atoms with Gasteiger partial charge in [-0.2, -0.15) is 4.98 Å². The zero-order chi connectivity index (χ0) is 17.7. The first-order valence-electron chi connectivity index (χ1n) is 8.25. The predicted octanol–water partition coefficient (Wildman–Crippen LogP) is 2.86. The van der Waals surface area contributed by atoms with Crippen molar-refractivity contribution in [1.29, 1.82) is 0 Å². The van der Waals surface area contributed by atoms with Crippen LogP contribution in [0.4, 0.5) is 5.82 Å². The van der Waals surface area contributed by atoms with Crippen LogP contribution in [0.25, 0.3) is 5.52 Å². The fraction of sp³-hybridized carbons (Fsp3) is 0.647. The van der Waals surface area contributed by atoms with Crippen LogP contribution in [0.1, 0.15) is 40.3 Å². The lowest BCUT2D eigenvalue weighted by molar-refractivity contribution is -0.0519. The van der Waals surface area contributed by atoms with Gasteiger partial charge in [-0.05, 0) is 43.0 Å². The minimum atomic E-state index is -1.06. The number of rotatable bonds is 2. The molecule has 0 aromatic carbocycles. The Morgan fingerprint density at radius 2 is 2.00 bits per heavy atom. The highest BCUT2D eigenvalue weighted by molar-refractivity contribution is 6.28. The molecule has 1 fully saturated rings. The van der Waals surface area contributed by atoms with Gasteiger partial charge < -0.3 is 14.7 Å². The van der Waals surface area contributed by atoms with Crippen LogP contribution >= 0.6 is 11.6 Å². The molecule has 0 radical (unpaired) electrons. The van der Waals surface area contributed by atoms with Crippen LogP contribution < -0.4 is 4.90 Å². The molecule has 2 aromatic rings. The molecule has 3 heterocycles. The van der Waals surface area contributed by atoms with Gasteiger partial charge >= 0.3 is 0 Å². The third-order valence-electron chi connectivity index (χ3n) is 5.06. The van der Waals surface area contributed by atoms with Gasteiger partial charge in [-0.15, -0.1) is 5.10 Å². The molecule has 1 aliphatic heterocycles. The van der Waals surface area contributed by atoms with E-state index in [2.05, 4.69) is 21.9 Å². The Labute approximate surface area is 147 Å². The van der Waals surface area contributed by atoms with E-state index in [0.29, 0.717) is 18.9 Å². The molecule has 0 aliphatic carbocycles. The number of ether oxygens (including phenoxy) is 1. The van der Waals surface area contributed by atoms with Gasteiger partial charge in [0.1, 0.15) is 11.1 Å². The van der Waals surface area contributed by atoms with Crippen molar-refractivity contribution in [2.24, 2.45) is 5.41 Å². The van der Waals surface area contributed by atoms with Crippen molar-refractivity contribution in [3.63, 3.8) is 0 Å². The molecule has 0 bridgehead atoms. The number of fused-ring (bicyclic) bond motifs is 1. The largest absolute Gasteiger partial charge is 0.383 e. The van der Waals surface area contributed by atoms with E-state index >= 15 is 0 Å². The Morgan fingerprint density at radius 3 is 2.62 bits per heavy atom. The molecule has 1 saturated heterocycles. The Bertz CT molecular complexity index is 751. The summed E-state index contributed by atoms with van der Waals surface area (Å²) in [5, 5.41) is 15.6. The first kappa shape index (κ1) is 17.5. The van der Waals surface area contributed by atoms with Crippen molar-refractivity contribution < 1.29 is 9.84 Å². The van der Waals surface area contributed by atoms with E-state index in [1.165, 1.54) is 0 Å². The zero-order valence-corrected chi connectivity index (χ0v) is 15.6. The van der Waals surface area contributed by atoms with Crippen LogP contribution in [0.5, 0.6) is 0 Å². The molecule has 6 nitrogen and oxygen atoms in total. The van der Waals surface area contributed by atoms with Crippen molar-refractivity contribution in [3.8, 4) is 0 Å². The highest BCUT2D eigenvalue weighted by atomic mass is 35.5. The second kappa shape index (κ2) is 5.86. The number of nitrogens with zero attached hydrogens (tertiary/aromatic N) is 4. The second-order valence-corrected chi connectivity index (χ2v) is 8.00. The van der Waals surface area contributed by atoms with Gasteiger partial charge in [0.05, 0.1) is 24.9 Å². The maximum atomic E-state index is 11.1. The lowest BCUT2D eigenvalue weighted by Gasteiger charge is -2.37. The Morgan fingerprint density at radius 1 is 1.29 bits per heavy atom. The Kier molecular flexibility index (Phi) is 4.26. The van der Waals surface area contributed by atoms with Crippen LogP contribution in [0.2, 0.25) is 5.28 Å². The minimum Gasteiger partial charge on any atom is -0.383 e. The molecule has 2 unspecified atom stereocenters. The number of morpholine rings is 1. The molecule has 3 rings (SSSR count). The summed E-state index contributed by atoms with van der Waals surface area (Å²) in [5.41, 5.74) is 0.125. The van der Waals surface area contributed by atoms with Crippen LogP contribution in [-0.2, 0) is 10.3 Å². The topological polar surface area (TPSA) is 62.9 Å². The summed E-state index contributed by atoms with van der Waals surface area (Å²) in [5.74, 6) is 0.779. The molecule has 0 spiro atoms. The average Bonchev–Trinajstić information content (AvgIpc) is 2.90. The number of hydrogen-bond donors (Lipinski definition) is 1. The quantitative estimate of drug-likeness (QED) is 0.900. The normalized spacial score (nSPS) is 22.0. The zero-order valence-electron chi connectivity index (χ0n) is 14.9. The Hall–Kier alpha value is -1.37. The molecule has 132 valence electrons. The fourth-order valence-corrected chi connectivity index (χ4v) is 3.12. The summed E-state index contributed by atoms with van der Waals surface area (Å²) in [6.45, 7) is 12.0. The molecular formula is C17H25ClN4O2. The van der Waals surface area contributed by atoms with Crippen LogP contribution in [0, 0.1) is 5.41 Å². The summed E-state index contributed by atoms with van der Waals surface area (Å²) in [4.78, 5) is 6.64. The lowest BCUT2D eigenvalue weighted by atomic mass is 9.76. The van der Waals surface area contributed by atoms with Gasteiger partial charge in [-0.25, -0.2) is 4.52 Å². The fourth-order valence-electron chi connectivity index (χ4n) is 2.96. The number of anilines is 1. The van der Waals surface area contributed by atoms with E-state index in [9.17, 15) is 5.11 Å². The highest BCUT2D eigenvalue weighted by Gasteiger charge is 2.40. The molecule has 24 heavy (non-hydrogen) atoms. The maximum absolute atomic E-state index is 11.1. The van der Waals surface area contributed by atoms with Crippen LogP contribution in [0.15, 0.2) is 12.1 Å². The van der Waals surface area contributed by atoms with Gasteiger partial charge in [0.15, 0.2) is 5.82 Å². The third-order valence-corrected chi connectivity index (χ3v) is 5.22. The highest BCUT2D eigenvalue weighted by Crippen LogP contribution is 2.40. The van der Waals surface area contributed by atoms with E-state index in [-0.39, 0.29) is 16.7 Å². The summed E-state index contributed by atoms with van der Waals surface area (Å²) >= 11 is 6.20. The van der Waals surface area contributed by atoms with E-state index in [0.717, 1.165) is 17.9 Å². The summed E-state index contributed by atoms with van der Waals surface area (Å²) in [7, 11) is 0. The standard InChI is InChI=1S/C17H25ClN4O2/c1-11-10-24-9-8-21(11)14-12-6-7-13(17(5,23)16(2,3)4)22(12)20-15(18)19-14/h6-7,11,23H,8-10H2,1-5H3. The predicted molar refractivity (Wildman–Crippen MR) is 94.6 cm³/mol. The smallest absolute Gasteiger partial charge is 0.243 e. The van der Waals surface area contributed by atoms with Gasteiger partial charge in [0, 0.05) is 6.54 Å². The SMILES string of the molecule is CC1COCCN1c1nc(Cl)nn2c(C(C)(O)C(C)(C)C)ccc12. The van der Waals surface area contributed by atoms with Crippen LogP contribution in [0.3, 0.4) is 0 Å². The van der Waals surface area contributed by atoms with Gasteiger partial charge in [-0.3, -0.25) is 0 Å².